The highest BCUT2D eigenvalue weighted by Crippen LogP contribution is 2.38. The Morgan fingerprint density at radius 2 is 1.83 bits per heavy atom. The summed E-state index contributed by atoms with van der Waals surface area (Å²) in [6.07, 6.45) is -5.74. The molecule has 0 spiro atoms. The number of nitrogens with one attached hydrogen (secondary N) is 1. The highest BCUT2D eigenvalue weighted by molar-refractivity contribution is 9.10. The van der Waals surface area contributed by atoms with Gasteiger partial charge in [-0.2, -0.15) is 0 Å². The first-order valence-electron chi connectivity index (χ1n) is 6.44. The topological polar surface area (TPSA) is 47.6 Å². The Hall–Kier alpha value is -2.22. The van der Waals surface area contributed by atoms with E-state index in [1.807, 2.05) is 0 Å². The van der Waals surface area contributed by atoms with Crippen LogP contribution in [0.1, 0.15) is 11.7 Å². The molecule has 0 bridgehead atoms. The monoisotopic (exact) mass is 387 g/mol. The largest absolute Gasteiger partial charge is 0.573 e. The van der Waals surface area contributed by atoms with Gasteiger partial charge in [0.1, 0.15) is 11.5 Å². The average Bonchev–Trinajstić information content (AvgIpc) is 2.46. The van der Waals surface area contributed by atoms with Crippen LogP contribution in [0.5, 0.6) is 11.5 Å². The molecule has 1 amide bonds. The molecule has 4 nitrogen and oxygen atoms in total. The van der Waals surface area contributed by atoms with Crippen LogP contribution in [-0.4, -0.2) is 12.3 Å². The summed E-state index contributed by atoms with van der Waals surface area (Å²) in [5, 5.41) is 2.60. The molecule has 2 aromatic carbocycles. The first kappa shape index (κ1) is 15.7. The maximum atomic E-state index is 12.3. The second kappa shape index (κ2) is 5.77. The molecule has 1 N–H and O–H groups in total. The minimum absolute atomic E-state index is 0.110. The van der Waals surface area contributed by atoms with E-state index in [1.54, 1.807) is 24.3 Å². The number of hydrogen-bond donors (Lipinski definition) is 1. The van der Waals surface area contributed by atoms with Gasteiger partial charge in [0.25, 0.3) is 5.91 Å². The van der Waals surface area contributed by atoms with Crippen LogP contribution < -0.4 is 14.8 Å². The number of anilines is 1. The number of carbonyl (C=O) groups excluding carboxylic acids is 1. The number of alkyl halides is 3. The molecule has 2 aromatic rings. The van der Waals surface area contributed by atoms with Crippen molar-refractivity contribution in [3.05, 3.63) is 52.5 Å². The van der Waals surface area contributed by atoms with Crippen molar-refractivity contribution in [3.63, 3.8) is 0 Å². The lowest BCUT2D eigenvalue weighted by Gasteiger charge is -2.26. The zero-order valence-corrected chi connectivity index (χ0v) is 12.9. The van der Waals surface area contributed by atoms with Gasteiger partial charge in [-0.15, -0.1) is 13.2 Å². The first-order valence-corrected chi connectivity index (χ1v) is 7.24. The molecule has 1 atom stereocenters. The van der Waals surface area contributed by atoms with Gasteiger partial charge >= 0.3 is 6.36 Å². The van der Waals surface area contributed by atoms with E-state index in [1.165, 1.54) is 6.07 Å². The molecule has 8 heteroatoms. The number of amides is 1. The highest BCUT2D eigenvalue weighted by atomic mass is 79.9. The van der Waals surface area contributed by atoms with Crippen LogP contribution in [0.3, 0.4) is 0 Å². The molecule has 0 radical (unpaired) electrons. The molecule has 0 aromatic heterocycles. The van der Waals surface area contributed by atoms with Gasteiger partial charge in [-0.1, -0.05) is 28.1 Å². The molecule has 0 saturated carbocycles. The van der Waals surface area contributed by atoms with Gasteiger partial charge < -0.3 is 14.8 Å². The van der Waals surface area contributed by atoms with Crippen molar-refractivity contribution in [3.8, 4) is 11.5 Å². The summed E-state index contributed by atoms with van der Waals surface area (Å²) >= 11 is 3.28. The predicted molar refractivity (Wildman–Crippen MR) is 79.3 cm³/mol. The molecule has 120 valence electrons. The van der Waals surface area contributed by atoms with Gasteiger partial charge in [0.15, 0.2) is 0 Å². The number of carbonyl (C=O) groups is 1. The van der Waals surface area contributed by atoms with Crippen LogP contribution >= 0.6 is 15.9 Å². The van der Waals surface area contributed by atoms with Gasteiger partial charge in [0, 0.05) is 16.1 Å². The molecule has 23 heavy (non-hydrogen) atoms. The normalized spacial score (nSPS) is 17.0. The van der Waals surface area contributed by atoms with Crippen molar-refractivity contribution < 1.29 is 27.4 Å². The fourth-order valence-electron chi connectivity index (χ4n) is 2.14. The van der Waals surface area contributed by atoms with E-state index < -0.39 is 24.1 Å². The summed E-state index contributed by atoms with van der Waals surface area (Å²) in [7, 11) is 0. The van der Waals surface area contributed by atoms with Gasteiger partial charge in [-0.25, -0.2) is 0 Å². The Morgan fingerprint density at radius 3 is 2.48 bits per heavy atom. The Morgan fingerprint density at radius 1 is 1.13 bits per heavy atom. The minimum Gasteiger partial charge on any atom is -0.473 e. The van der Waals surface area contributed by atoms with E-state index in [-0.39, 0.29) is 11.4 Å². The number of fused-ring (bicyclic) bond motifs is 1. The van der Waals surface area contributed by atoms with Crippen LogP contribution in [0, 0.1) is 0 Å². The van der Waals surface area contributed by atoms with Crippen molar-refractivity contribution >= 4 is 27.5 Å². The Kier molecular flexibility index (Phi) is 3.93. The van der Waals surface area contributed by atoms with Crippen LogP contribution in [0.25, 0.3) is 0 Å². The Balaban J connectivity index is 1.89. The second-order valence-electron chi connectivity index (χ2n) is 4.74. The molecular formula is C15H9BrF3NO3. The summed E-state index contributed by atoms with van der Waals surface area (Å²) in [4.78, 5) is 12.1. The third-order valence-electron chi connectivity index (χ3n) is 3.10. The number of rotatable bonds is 2. The first-order chi connectivity index (χ1) is 10.8. The maximum Gasteiger partial charge on any atom is 0.573 e. The van der Waals surface area contributed by atoms with Crippen molar-refractivity contribution in [2.24, 2.45) is 0 Å². The van der Waals surface area contributed by atoms with Gasteiger partial charge in [-0.3, -0.25) is 4.79 Å². The fourth-order valence-corrected chi connectivity index (χ4v) is 2.40. The smallest absolute Gasteiger partial charge is 0.473 e. The number of ether oxygens (including phenoxy) is 2. The van der Waals surface area contributed by atoms with Crippen LogP contribution in [0.2, 0.25) is 0 Å². The second-order valence-corrected chi connectivity index (χ2v) is 5.66. The standard InChI is InChI=1S/C15H9BrF3NO3/c16-9-3-1-8(2-4-9)13-14(21)20-11-6-5-10(7-12(11)22-13)23-15(17,18)19/h1-7,13H,(H,20,21)/t13-/m1/s1. The minimum atomic E-state index is -4.79. The number of halogens is 4. The third kappa shape index (κ3) is 3.58. The molecule has 0 fully saturated rings. The zero-order valence-electron chi connectivity index (χ0n) is 11.4. The van der Waals surface area contributed by atoms with Crippen molar-refractivity contribution in [1.82, 2.24) is 0 Å². The SMILES string of the molecule is O=C1Nc2ccc(OC(F)(F)F)cc2O[C@@H]1c1ccc(Br)cc1. The Bertz CT molecular complexity index is 747. The molecule has 3 rings (SSSR count). The summed E-state index contributed by atoms with van der Waals surface area (Å²) < 4.78 is 47.1. The van der Waals surface area contributed by atoms with Gasteiger partial charge in [0.05, 0.1) is 5.69 Å². The zero-order chi connectivity index (χ0) is 16.6. The lowest BCUT2D eigenvalue weighted by molar-refractivity contribution is -0.274. The van der Waals surface area contributed by atoms with E-state index in [0.717, 1.165) is 16.6 Å². The van der Waals surface area contributed by atoms with Crippen molar-refractivity contribution in [1.29, 1.82) is 0 Å². The van der Waals surface area contributed by atoms with E-state index in [2.05, 4.69) is 26.0 Å². The molecule has 0 unspecified atom stereocenters. The predicted octanol–water partition coefficient (Wildman–Crippen LogP) is 4.42. The van der Waals surface area contributed by atoms with Crippen LogP contribution in [0.4, 0.5) is 18.9 Å². The van der Waals surface area contributed by atoms with Crippen molar-refractivity contribution in [2.45, 2.75) is 12.5 Å². The summed E-state index contributed by atoms with van der Waals surface area (Å²) in [6.45, 7) is 0. The average molecular weight is 388 g/mol. The maximum absolute atomic E-state index is 12.3. The molecule has 1 heterocycles. The third-order valence-corrected chi connectivity index (χ3v) is 3.63. The summed E-state index contributed by atoms with van der Waals surface area (Å²) in [5.41, 5.74) is 0.872. The van der Waals surface area contributed by atoms with Crippen LogP contribution in [-0.2, 0) is 4.79 Å². The van der Waals surface area contributed by atoms with Gasteiger partial charge in [0.2, 0.25) is 6.10 Å². The number of benzene rings is 2. The molecular weight excluding hydrogens is 379 g/mol. The summed E-state index contributed by atoms with van der Waals surface area (Å²) in [6, 6.07) is 10.4. The molecule has 0 aliphatic carbocycles. The fraction of sp³-hybridized carbons (Fsp3) is 0.133. The van der Waals surface area contributed by atoms with E-state index in [0.29, 0.717) is 5.56 Å². The van der Waals surface area contributed by atoms with Crippen LogP contribution in [0.15, 0.2) is 46.9 Å². The van der Waals surface area contributed by atoms with E-state index >= 15 is 0 Å². The van der Waals surface area contributed by atoms with E-state index in [4.69, 9.17) is 4.74 Å². The quantitative estimate of drug-likeness (QED) is 0.829. The highest BCUT2D eigenvalue weighted by Gasteiger charge is 2.33. The van der Waals surface area contributed by atoms with Gasteiger partial charge in [-0.05, 0) is 24.3 Å². The lowest BCUT2D eigenvalue weighted by Crippen LogP contribution is -2.30. The van der Waals surface area contributed by atoms with E-state index in [9.17, 15) is 18.0 Å². The molecule has 1 aliphatic rings. The molecule has 1 aliphatic heterocycles. The van der Waals surface area contributed by atoms with Crippen molar-refractivity contribution in [2.75, 3.05) is 5.32 Å². The Labute approximate surface area is 137 Å². The molecule has 0 saturated heterocycles. The summed E-state index contributed by atoms with van der Waals surface area (Å²) in [5.74, 6) is -0.703. The lowest BCUT2D eigenvalue weighted by atomic mass is 10.1. The number of hydrogen-bond acceptors (Lipinski definition) is 3.